The Morgan fingerprint density at radius 3 is 2.55 bits per heavy atom. The summed E-state index contributed by atoms with van der Waals surface area (Å²) in [6, 6.07) is 6.17. The highest BCUT2D eigenvalue weighted by atomic mass is 16.6. The van der Waals surface area contributed by atoms with Crippen LogP contribution in [0.25, 0.3) is 0 Å². The van der Waals surface area contributed by atoms with Crippen molar-refractivity contribution in [3.63, 3.8) is 0 Å². The molecule has 0 spiro atoms. The monoisotopic (exact) mass is 459 g/mol. The highest BCUT2D eigenvalue weighted by Crippen LogP contribution is 2.16. The molecule has 0 unspecified atom stereocenters. The van der Waals surface area contributed by atoms with Crippen LogP contribution in [0.15, 0.2) is 30.6 Å². The van der Waals surface area contributed by atoms with Crippen molar-refractivity contribution in [3.8, 4) is 0 Å². The predicted molar refractivity (Wildman–Crippen MR) is 113 cm³/mol. The van der Waals surface area contributed by atoms with Crippen LogP contribution in [0.2, 0.25) is 0 Å². The minimum atomic E-state index is -0.749. The largest absolute Gasteiger partial charge is 0.452 e. The SMILES string of the molecule is CCOC(=O)N1CCC(NC(=O)COC(=O)c2ccccc2NC(=O)Cn2cnnn2)CC1. The number of aromatic nitrogens is 4. The van der Waals surface area contributed by atoms with E-state index in [0.717, 1.165) is 0 Å². The molecule has 0 bridgehead atoms. The molecule has 1 fully saturated rings. The van der Waals surface area contributed by atoms with Gasteiger partial charge in [-0.15, -0.1) is 5.10 Å². The highest BCUT2D eigenvalue weighted by Gasteiger charge is 2.25. The Morgan fingerprint density at radius 2 is 1.85 bits per heavy atom. The molecular formula is C20H25N7O6. The molecule has 1 aromatic heterocycles. The van der Waals surface area contributed by atoms with Gasteiger partial charge in [0.1, 0.15) is 12.9 Å². The lowest BCUT2D eigenvalue weighted by Crippen LogP contribution is -2.47. The number of anilines is 1. The summed E-state index contributed by atoms with van der Waals surface area (Å²) in [5.41, 5.74) is 0.352. The van der Waals surface area contributed by atoms with Gasteiger partial charge >= 0.3 is 12.1 Å². The van der Waals surface area contributed by atoms with Crippen molar-refractivity contribution in [2.75, 3.05) is 31.6 Å². The van der Waals surface area contributed by atoms with Gasteiger partial charge in [0.25, 0.3) is 5.91 Å². The first-order valence-electron chi connectivity index (χ1n) is 10.4. The average Bonchev–Trinajstić information content (AvgIpc) is 3.31. The third-order valence-corrected chi connectivity index (χ3v) is 4.84. The number of carbonyl (C=O) groups excluding carboxylic acids is 4. The fourth-order valence-electron chi connectivity index (χ4n) is 3.26. The van der Waals surface area contributed by atoms with Crippen LogP contribution in [0.5, 0.6) is 0 Å². The van der Waals surface area contributed by atoms with Crippen LogP contribution >= 0.6 is 0 Å². The van der Waals surface area contributed by atoms with Crippen LogP contribution in [-0.4, -0.2) is 81.3 Å². The van der Waals surface area contributed by atoms with Gasteiger partial charge in [0.15, 0.2) is 6.61 Å². The number of likely N-dealkylation sites (tertiary alicyclic amines) is 1. The Morgan fingerprint density at radius 1 is 1.09 bits per heavy atom. The number of piperidine rings is 1. The van der Waals surface area contributed by atoms with Crippen molar-refractivity contribution in [1.29, 1.82) is 0 Å². The van der Waals surface area contributed by atoms with Gasteiger partial charge in [0.05, 0.1) is 17.9 Å². The Bertz CT molecular complexity index is 973. The fourth-order valence-corrected chi connectivity index (χ4v) is 3.26. The molecule has 3 rings (SSSR count). The van der Waals surface area contributed by atoms with Gasteiger partial charge in [-0.05, 0) is 42.3 Å². The molecule has 2 heterocycles. The molecule has 33 heavy (non-hydrogen) atoms. The van der Waals surface area contributed by atoms with Gasteiger partial charge < -0.3 is 25.0 Å². The van der Waals surface area contributed by atoms with Crippen molar-refractivity contribution in [2.24, 2.45) is 0 Å². The van der Waals surface area contributed by atoms with Crippen molar-refractivity contribution in [1.82, 2.24) is 30.4 Å². The molecule has 176 valence electrons. The van der Waals surface area contributed by atoms with Crippen molar-refractivity contribution in [3.05, 3.63) is 36.2 Å². The number of esters is 1. The third kappa shape index (κ3) is 6.98. The number of benzene rings is 1. The van der Waals surface area contributed by atoms with Gasteiger partial charge in [-0.2, -0.15) is 0 Å². The van der Waals surface area contributed by atoms with Crippen LogP contribution in [0.3, 0.4) is 0 Å². The van der Waals surface area contributed by atoms with E-state index in [-0.39, 0.29) is 29.9 Å². The highest BCUT2D eigenvalue weighted by molar-refractivity contribution is 6.01. The lowest BCUT2D eigenvalue weighted by molar-refractivity contribution is -0.125. The zero-order chi connectivity index (χ0) is 23.6. The van der Waals surface area contributed by atoms with E-state index < -0.39 is 24.4 Å². The molecule has 0 aliphatic carbocycles. The van der Waals surface area contributed by atoms with Crippen LogP contribution < -0.4 is 10.6 Å². The van der Waals surface area contributed by atoms with Crippen LogP contribution in [0, 0.1) is 0 Å². The van der Waals surface area contributed by atoms with Crippen molar-refractivity contribution >= 4 is 29.6 Å². The third-order valence-electron chi connectivity index (χ3n) is 4.84. The molecule has 3 amide bonds. The van der Waals surface area contributed by atoms with Crippen molar-refractivity contribution < 1.29 is 28.7 Å². The number of carbonyl (C=O) groups is 4. The lowest BCUT2D eigenvalue weighted by atomic mass is 10.1. The normalized spacial score (nSPS) is 13.8. The maximum Gasteiger partial charge on any atom is 0.409 e. The average molecular weight is 459 g/mol. The predicted octanol–water partition coefficient (Wildman–Crippen LogP) is 0.206. The number of tetrazole rings is 1. The number of nitrogens with one attached hydrogen (secondary N) is 2. The Balaban J connectivity index is 1.45. The topological polar surface area (TPSA) is 158 Å². The second kappa shape index (κ2) is 11.5. The molecule has 1 aliphatic heterocycles. The quantitative estimate of drug-likeness (QED) is 0.526. The zero-order valence-electron chi connectivity index (χ0n) is 18.1. The lowest BCUT2D eigenvalue weighted by Gasteiger charge is -2.31. The second-order valence-corrected chi connectivity index (χ2v) is 7.21. The Kier molecular flexibility index (Phi) is 8.27. The van der Waals surface area contributed by atoms with Crippen LogP contribution in [0.1, 0.15) is 30.1 Å². The van der Waals surface area contributed by atoms with Gasteiger partial charge in [-0.25, -0.2) is 14.3 Å². The molecule has 1 aliphatic rings. The number of hydrogen-bond acceptors (Lipinski definition) is 9. The smallest absolute Gasteiger partial charge is 0.409 e. The van der Waals surface area contributed by atoms with E-state index in [4.69, 9.17) is 9.47 Å². The molecule has 13 nitrogen and oxygen atoms in total. The van der Waals surface area contributed by atoms with E-state index in [2.05, 4.69) is 26.2 Å². The first kappa shape index (κ1) is 23.6. The standard InChI is InChI=1S/C20H25N7O6/c1-2-32-20(31)26-9-7-14(8-10-26)22-18(29)12-33-19(30)15-5-3-4-6-16(15)23-17(28)11-27-13-21-24-25-27/h3-6,13-14H,2,7-12H2,1H3,(H,22,29)(H,23,28). The van der Waals surface area contributed by atoms with Gasteiger partial charge in [0, 0.05) is 19.1 Å². The minimum Gasteiger partial charge on any atom is -0.452 e. The molecule has 2 N–H and O–H groups in total. The summed E-state index contributed by atoms with van der Waals surface area (Å²) in [5.74, 6) is -1.63. The summed E-state index contributed by atoms with van der Waals surface area (Å²) in [4.78, 5) is 50.2. The molecule has 2 aromatic rings. The van der Waals surface area contributed by atoms with Crippen LogP contribution in [0.4, 0.5) is 10.5 Å². The summed E-state index contributed by atoms with van der Waals surface area (Å²) in [5, 5.41) is 15.9. The summed E-state index contributed by atoms with van der Waals surface area (Å²) >= 11 is 0. The molecule has 0 saturated carbocycles. The second-order valence-electron chi connectivity index (χ2n) is 7.21. The molecule has 0 radical (unpaired) electrons. The maximum atomic E-state index is 12.5. The van der Waals surface area contributed by atoms with E-state index in [1.807, 2.05) is 0 Å². The molecule has 13 heteroatoms. The molecule has 0 atom stereocenters. The molecule has 1 saturated heterocycles. The van der Waals surface area contributed by atoms with E-state index in [0.29, 0.717) is 32.5 Å². The van der Waals surface area contributed by atoms with Gasteiger partial charge in [-0.3, -0.25) is 9.59 Å². The van der Waals surface area contributed by atoms with Crippen LogP contribution in [-0.2, 0) is 25.6 Å². The Labute approximate surface area is 189 Å². The zero-order valence-corrected chi connectivity index (χ0v) is 18.1. The first-order chi connectivity index (χ1) is 16.0. The number of nitrogens with zero attached hydrogens (tertiary/aromatic N) is 5. The van der Waals surface area contributed by atoms with E-state index in [9.17, 15) is 19.2 Å². The Hall–Kier alpha value is -4.03. The summed E-state index contributed by atoms with van der Waals surface area (Å²) in [7, 11) is 0. The summed E-state index contributed by atoms with van der Waals surface area (Å²) in [6.07, 6.45) is 2.09. The summed E-state index contributed by atoms with van der Waals surface area (Å²) in [6.45, 7) is 2.41. The van der Waals surface area contributed by atoms with Crippen molar-refractivity contribution in [2.45, 2.75) is 32.4 Å². The number of rotatable bonds is 8. The van der Waals surface area contributed by atoms with E-state index >= 15 is 0 Å². The number of ether oxygens (including phenoxy) is 2. The maximum absolute atomic E-state index is 12.5. The number of para-hydroxylation sites is 1. The van der Waals surface area contributed by atoms with E-state index in [1.54, 1.807) is 30.0 Å². The molecular weight excluding hydrogens is 434 g/mol. The minimum absolute atomic E-state index is 0.109. The first-order valence-corrected chi connectivity index (χ1v) is 10.4. The molecule has 1 aromatic carbocycles. The number of amides is 3. The van der Waals surface area contributed by atoms with Gasteiger partial charge in [-0.1, -0.05) is 12.1 Å². The van der Waals surface area contributed by atoms with E-state index in [1.165, 1.54) is 17.1 Å². The summed E-state index contributed by atoms with van der Waals surface area (Å²) < 4.78 is 11.3. The van der Waals surface area contributed by atoms with Gasteiger partial charge in [0.2, 0.25) is 5.91 Å². The number of hydrogen-bond donors (Lipinski definition) is 2. The fraction of sp³-hybridized carbons (Fsp3) is 0.450.